The summed E-state index contributed by atoms with van der Waals surface area (Å²) in [6.07, 6.45) is 7.67. The number of hydrogen-bond donors (Lipinski definition) is 0. The average molecular weight is 269 g/mol. The Morgan fingerprint density at radius 2 is 2.20 bits per heavy atom. The Balaban J connectivity index is 2.16. The standard InChI is InChI=1S/C19H27N/c1-5-6-12-19-15(3)8-7-9-18(19)20(4)17-11-10-14(2)13-16(17)19/h10-11,13,18H,3,5-9,12H2,1-2,4H3. The lowest BCUT2D eigenvalue weighted by Gasteiger charge is -2.44. The van der Waals surface area contributed by atoms with Crippen LogP contribution in [0.2, 0.25) is 0 Å². The van der Waals surface area contributed by atoms with Gasteiger partial charge in [0.15, 0.2) is 0 Å². The van der Waals surface area contributed by atoms with Crippen LogP contribution in [0.25, 0.3) is 0 Å². The number of fused-ring (bicyclic) bond motifs is 3. The first-order valence-electron chi connectivity index (χ1n) is 8.13. The molecule has 0 amide bonds. The third-order valence-corrected chi connectivity index (χ3v) is 5.56. The van der Waals surface area contributed by atoms with Gasteiger partial charge in [0.2, 0.25) is 0 Å². The van der Waals surface area contributed by atoms with Crippen molar-refractivity contribution in [2.24, 2.45) is 0 Å². The summed E-state index contributed by atoms with van der Waals surface area (Å²) in [6, 6.07) is 7.64. The van der Waals surface area contributed by atoms with Crippen molar-refractivity contribution in [3.8, 4) is 0 Å². The first-order valence-corrected chi connectivity index (χ1v) is 8.13. The lowest BCUT2D eigenvalue weighted by Crippen LogP contribution is -2.47. The minimum absolute atomic E-state index is 0.227. The number of rotatable bonds is 3. The lowest BCUT2D eigenvalue weighted by atomic mass is 9.62. The highest BCUT2D eigenvalue weighted by Crippen LogP contribution is 2.56. The molecule has 0 radical (unpaired) electrons. The van der Waals surface area contributed by atoms with Gasteiger partial charge in [-0.15, -0.1) is 0 Å². The van der Waals surface area contributed by atoms with Crippen molar-refractivity contribution in [3.63, 3.8) is 0 Å². The van der Waals surface area contributed by atoms with Gasteiger partial charge in [-0.25, -0.2) is 0 Å². The highest BCUT2D eigenvalue weighted by atomic mass is 15.2. The molecular formula is C19H27N. The molecule has 0 N–H and O–H groups in total. The van der Waals surface area contributed by atoms with Gasteiger partial charge in [-0.1, -0.05) is 49.6 Å². The second-order valence-electron chi connectivity index (χ2n) is 6.72. The number of likely N-dealkylation sites (N-methyl/N-ethyl adjacent to an activating group) is 1. The van der Waals surface area contributed by atoms with Crippen LogP contribution in [-0.4, -0.2) is 13.1 Å². The van der Waals surface area contributed by atoms with E-state index in [1.54, 1.807) is 5.56 Å². The predicted molar refractivity (Wildman–Crippen MR) is 87.6 cm³/mol. The molecule has 20 heavy (non-hydrogen) atoms. The minimum Gasteiger partial charge on any atom is -0.370 e. The van der Waals surface area contributed by atoms with E-state index >= 15 is 0 Å². The predicted octanol–water partition coefficient (Wildman–Crippen LogP) is 4.98. The molecule has 1 nitrogen and oxygen atoms in total. The maximum Gasteiger partial charge on any atom is 0.0421 e. The van der Waals surface area contributed by atoms with Crippen LogP contribution in [0.15, 0.2) is 30.4 Å². The molecule has 1 saturated carbocycles. The maximum absolute atomic E-state index is 4.52. The highest BCUT2D eigenvalue weighted by Gasteiger charge is 2.52. The molecule has 0 aromatic heterocycles. The zero-order valence-corrected chi connectivity index (χ0v) is 13.2. The van der Waals surface area contributed by atoms with Crippen molar-refractivity contribution < 1.29 is 0 Å². The van der Waals surface area contributed by atoms with E-state index in [9.17, 15) is 0 Å². The first-order chi connectivity index (χ1) is 9.61. The summed E-state index contributed by atoms with van der Waals surface area (Å²) in [7, 11) is 2.28. The van der Waals surface area contributed by atoms with Gasteiger partial charge in [-0.3, -0.25) is 0 Å². The van der Waals surface area contributed by atoms with Crippen molar-refractivity contribution in [2.75, 3.05) is 11.9 Å². The van der Waals surface area contributed by atoms with Gasteiger partial charge >= 0.3 is 0 Å². The van der Waals surface area contributed by atoms with E-state index in [0.29, 0.717) is 6.04 Å². The summed E-state index contributed by atoms with van der Waals surface area (Å²) in [4.78, 5) is 2.54. The molecule has 1 aliphatic heterocycles. The van der Waals surface area contributed by atoms with Crippen LogP contribution >= 0.6 is 0 Å². The topological polar surface area (TPSA) is 3.24 Å². The molecule has 0 bridgehead atoms. The van der Waals surface area contributed by atoms with Crippen molar-refractivity contribution in [3.05, 3.63) is 41.5 Å². The summed E-state index contributed by atoms with van der Waals surface area (Å²) >= 11 is 0. The third-order valence-electron chi connectivity index (χ3n) is 5.56. The molecule has 108 valence electrons. The van der Waals surface area contributed by atoms with E-state index in [2.05, 4.69) is 50.6 Å². The quantitative estimate of drug-likeness (QED) is 0.699. The van der Waals surface area contributed by atoms with Crippen LogP contribution in [0.3, 0.4) is 0 Å². The summed E-state index contributed by atoms with van der Waals surface area (Å²) < 4.78 is 0. The van der Waals surface area contributed by atoms with E-state index in [1.807, 2.05) is 0 Å². The van der Waals surface area contributed by atoms with Crippen LogP contribution in [0.5, 0.6) is 0 Å². The molecule has 1 aromatic carbocycles. The Morgan fingerprint density at radius 3 is 2.95 bits per heavy atom. The number of aryl methyl sites for hydroxylation is 1. The van der Waals surface area contributed by atoms with Crippen molar-refractivity contribution in [1.29, 1.82) is 0 Å². The van der Waals surface area contributed by atoms with E-state index in [1.165, 1.54) is 55.3 Å². The smallest absolute Gasteiger partial charge is 0.0421 e. The van der Waals surface area contributed by atoms with Crippen LogP contribution in [0.1, 0.15) is 56.6 Å². The monoisotopic (exact) mass is 269 g/mol. The molecule has 2 aliphatic rings. The normalized spacial score (nSPS) is 28.4. The fourth-order valence-corrected chi connectivity index (χ4v) is 4.52. The van der Waals surface area contributed by atoms with Gasteiger partial charge < -0.3 is 4.90 Å². The molecule has 1 fully saturated rings. The van der Waals surface area contributed by atoms with Crippen molar-refractivity contribution in [1.82, 2.24) is 0 Å². The number of hydrogen-bond acceptors (Lipinski definition) is 1. The van der Waals surface area contributed by atoms with E-state index < -0.39 is 0 Å². The minimum atomic E-state index is 0.227. The number of benzene rings is 1. The highest BCUT2D eigenvalue weighted by molar-refractivity contribution is 5.68. The van der Waals surface area contributed by atoms with Crippen molar-refractivity contribution >= 4 is 5.69 Å². The fourth-order valence-electron chi connectivity index (χ4n) is 4.52. The molecule has 1 heteroatoms. The van der Waals surface area contributed by atoms with Crippen LogP contribution in [-0.2, 0) is 5.41 Å². The van der Waals surface area contributed by atoms with Gasteiger partial charge in [0.1, 0.15) is 0 Å². The van der Waals surface area contributed by atoms with E-state index in [0.717, 1.165) is 0 Å². The second-order valence-corrected chi connectivity index (χ2v) is 6.72. The van der Waals surface area contributed by atoms with E-state index in [4.69, 9.17) is 0 Å². The molecule has 1 aliphatic carbocycles. The molecule has 0 saturated heterocycles. The Bertz CT molecular complexity index is 531. The molecule has 1 heterocycles. The number of nitrogens with zero attached hydrogens (tertiary/aromatic N) is 1. The fraction of sp³-hybridized carbons (Fsp3) is 0.579. The van der Waals surface area contributed by atoms with Crippen LogP contribution < -0.4 is 4.90 Å². The number of anilines is 1. The van der Waals surface area contributed by atoms with Gasteiger partial charge in [-0.05, 0) is 44.2 Å². The Labute approximate surface area is 123 Å². The number of unbranched alkanes of at least 4 members (excludes halogenated alkanes) is 1. The largest absolute Gasteiger partial charge is 0.370 e. The average Bonchev–Trinajstić information content (AvgIpc) is 2.68. The van der Waals surface area contributed by atoms with Gasteiger partial charge in [0.25, 0.3) is 0 Å². The van der Waals surface area contributed by atoms with Gasteiger partial charge in [-0.2, -0.15) is 0 Å². The summed E-state index contributed by atoms with van der Waals surface area (Å²) in [5.41, 5.74) is 6.10. The zero-order valence-electron chi connectivity index (χ0n) is 13.2. The van der Waals surface area contributed by atoms with Crippen molar-refractivity contribution in [2.45, 2.75) is 63.8 Å². The second kappa shape index (κ2) is 4.95. The van der Waals surface area contributed by atoms with E-state index in [-0.39, 0.29) is 5.41 Å². The molecule has 0 spiro atoms. The maximum atomic E-state index is 4.52. The van der Waals surface area contributed by atoms with Crippen LogP contribution in [0, 0.1) is 6.92 Å². The Hall–Kier alpha value is -1.24. The van der Waals surface area contributed by atoms with Crippen LogP contribution in [0.4, 0.5) is 5.69 Å². The molecule has 3 rings (SSSR count). The molecular weight excluding hydrogens is 242 g/mol. The zero-order chi connectivity index (χ0) is 14.3. The molecule has 2 atom stereocenters. The molecule has 1 aromatic rings. The first kappa shape index (κ1) is 13.7. The summed E-state index contributed by atoms with van der Waals surface area (Å²) in [5, 5.41) is 0. The third kappa shape index (κ3) is 1.75. The Kier molecular flexibility index (Phi) is 3.40. The summed E-state index contributed by atoms with van der Waals surface area (Å²) in [6.45, 7) is 9.03. The van der Waals surface area contributed by atoms with Gasteiger partial charge in [0.05, 0.1) is 0 Å². The SMILES string of the molecule is C=C1CCCC2N(C)c3ccc(C)cc3C12CCCC. The summed E-state index contributed by atoms with van der Waals surface area (Å²) in [5.74, 6) is 0. The Morgan fingerprint density at radius 1 is 1.40 bits per heavy atom. The lowest BCUT2D eigenvalue weighted by molar-refractivity contribution is 0.315. The van der Waals surface area contributed by atoms with Gasteiger partial charge in [0, 0.05) is 24.2 Å². The molecule has 2 unspecified atom stereocenters.